The second-order valence-electron chi connectivity index (χ2n) is 12.8. The summed E-state index contributed by atoms with van der Waals surface area (Å²) in [5.74, 6) is -0.707. The molecule has 0 saturated heterocycles. The van der Waals surface area contributed by atoms with Gasteiger partial charge in [0.1, 0.15) is 6.10 Å². The first-order valence-electron chi connectivity index (χ1n) is 18.4. The summed E-state index contributed by atoms with van der Waals surface area (Å²) >= 11 is 0. The van der Waals surface area contributed by atoms with E-state index >= 15 is 0 Å². The normalized spacial score (nSPS) is 14.7. The lowest BCUT2D eigenvalue weighted by molar-refractivity contribution is -0.131. The van der Waals surface area contributed by atoms with E-state index in [1.807, 2.05) is 0 Å². The number of hydrogen-bond donors (Lipinski definition) is 4. The van der Waals surface area contributed by atoms with Crippen LogP contribution in [-0.4, -0.2) is 53.9 Å². The van der Waals surface area contributed by atoms with Crippen molar-refractivity contribution >= 4 is 16.3 Å². The van der Waals surface area contributed by atoms with Crippen molar-refractivity contribution in [3.63, 3.8) is 0 Å². The number of aliphatic hydroxyl groups is 2. The van der Waals surface area contributed by atoms with Crippen molar-refractivity contribution in [3.8, 4) is 0 Å². The van der Waals surface area contributed by atoms with E-state index in [2.05, 4.69) is 48.5 Å². The van der Waals surface area contributed by atoms with E-state index in [-0.39, 0.29) is 6.42 Å². The fraction of sp³-hybridized carbons (Fsp3) is 0.811. The van der Waals surface area contributed by atoms with E-state index in [1.165, 1.54) is 108 Å². The quantitative estimate of drug-likeness (QED) is 0.0243. The molecule has 0 aliphatic rings. The number of carbonyl (C=O) groups is 1. The fourth-order valence-electron chi connectivity index (χ4n) is 5.31. The summed E-state index contributed by atoms with van der Waals surface area (Å²) < 4.78 is 35.6. The Morgan fingerprint density at radius 2 is 1.22 bits per heavy atom. The molecule has 0 saturated carbocycles. The first-order chi connectivity index (χ1) is 22.1. The maximum atomic E-state index is 12.6. The Morgan fingerprint density at radius 3 is 1.74 bits per heavy atom. The monoisotopic (exact) mass is 671 g/mol. The van der Waals surface area contributed by atoms with Crippen LogP contribution in [0, 0.1) is 0 Å². The Hall–Kier alpha value is -1.52. The van der Waals surface area contributed by atoms with E-state index in [4.69, 9.17) is 4.55 Å². The summed E-state index contributed by atoms with van der Waals surface area (Å²) in [4.78, 5) is 12.6. The number of unbranched alkanes of at least 4 members (excludes halogenated alkanes) is 19. The van der Waals surface area contributed by atoms with E-state index in [1.54, 1.807) is 6.08 Å². The third kappa shape index (κ3) is 29.9. The summed E-state index contributed by atoms with van der Waals surface area (Å²) in [5, 5.41) is 23.4. The predicted octanol–water partition coefficient (Wildman–Crippen LogP) is 9.08. The Morgan fingerprint density at radius 1 is 0.717 bits per heavy atom. The van der Waals surface area contributed by atoms with Gasteiger partial charge in [-0.05, 0) is 39.0 Å². The first kappa shape index (κ1) is 44.5. The molecule has 3 atom stereocenters. The van der Waals surface area contributed by atoms with Crippen LogP contribution in [0.5, 0.6) is 0 Å². The van der Waals surface area contributed by atoms with Crippen LogP contribution in [0.2, 0.25) is 0 Å². The van der Waals surface area contributed by atoms with Crippen LogP contribution in [0.3, 0.4) is 0 Å². The van der Waals surface area contributed by atoms with E-state index in [9.17, 15) is 23.4 Å². The predicted molar refractivity (Wildman–Crippen MR) is 191 cm³/mol. The SMILES string of the molecule is CCCCCCC/C=C/C(C)=C/CC/C=C/[C@@H](O)C(COS(=O)(=O)O)NC(=O)[C@H](O)CCCCCCCCCCCCCCCC. The van der Waals surface area contributed by atoms with Crippen LogP contribution in [0.15, 0.2) is 36.0 Å². The molecular formula is C37H69NO7S. The summed E-state index contributed by atoms with van der Waals surface area (Å²) in [5.41, 5.74) is 1.17. The number of allylic oxidation sites excluding steroid dienone is 5. The Labute approximate surface area is 282 Å². The van der Waals surface area contributed by atoms with Crippen molar-refractivity contribution in [2.24, 2.45) is 0 Å². The van der Waals surface area contributed by atoms with Crippen molar-refractivity contribution in [2.75, 3.05) is 6.61 Å². The lowest BCUT2D eigenvalue weighted by Gasteiger charge is -2.23. The number of carbonyl (C=O) groups excluding carboxylic acids is 1. The van der Waals surface area contributed by atoms with Crippen molar-refractivity contribution in [1.82, 2.24) is 5.32 Å². The fourth-order valence-corrected chi connectivity index (χ4v) is 5.63. The van der Waals surface area contributed by atoms with Gasteiger partial charge in [-0.15, -0.1) is 0 Å². The van der Waals surface area contributed by atoms with Crippen LogP contribution in [-0.2, 0) is 19.4 Å². The minimum atomic E-state index is -4.76. The standard InChI is InChI=1S/C37H69NO7S/c1-4-6-8-10-12-13-14-15-16-17-18-20-22-26-31-36(40)37(41)38-34(32-45-46(42,43)44)35(39)30-27-23-25-29-33(3)28-24-21-19-11-9-7-5-2/h24,27-30,34-36,39-40H,4-23,25-26,31-32H2,1-3H3,(H,38,41)(H,42,43,44)/b28-24+,30-27+,33-29+/t34?,35-,36-/m1/s1. The van der Waals surface area contributed by atoms with E-state index in [0.29, 0.717) is 12.8 Å². The molecule has 0 aromatic carbocycles. The lowest BCUT2D eigenvalue weighted by atomic mass is 10.0. The molecule has 46 heavy (non-hydrogen) atoms. The average molecular weight is 672 g/mol. The van der Waals surface area contributed by atoms with Gasteiger partial charge in [0.2, 0.25) is 5.91 Å². The highest BCUT2D eigenvalue weighted by Crippen LogP contribution is 2.14. The summed E-state index contributed by atoms with van der Waals surface area (Å²) in [6.45, 7) is 5.85. The van der Waals surface area contributed by atoms with Gasteiger partial charge >= 0.3 is 10.4 Å². The molecule has 0 spiro atoms. The van der Waals surface area contributed by atoms with Gasteiger partial charge in [-0.2, -0.15) is 8.42 Å². The van der Waals surface area contributed by atoms with Gasteiger partial charge in [-0.3, -0.25) is 9.35 Å². The van der Waals surface area contributed by atoms with Crippen LogP contribution in [0.25, 0.3) is 0 Å². The van der Waals surface area contributed by atoms with Gasteiger partial charge in [0, 0.05) is 0 Å². The molecule has 0 fully saturated rings. The molecule has 1 unspecified atom stereocenters. The average Bonchev–Trinajstić information content (AvgIpc) is 3.01. The number of nitrogens with one attached hydrogen (secondary N) is 1. The Bertz CT molecular complexity index is 917. The number of amides is 1. The molecule has 0 rings (SSSR count). The summed E-state index contributed by atoms with van der Waals surface area (Å²) in [6.07, 6.45) is 33.2. The van der Waals surface area contributed by atoms with Crippen molar-refractivity contribution < 1.29 is 32.2 Å². The highest BCUT2D eigenvalue weighted by molar-refractivity contribution is 7.80. The smallest absolute Gasteiger partial charge is 0.387 e. The van der Waals surface area contributed by atoms with Gasteiger partial charge < -0.3 is 15.5 Å². The molecule has 0 aliphatic heterocycles. The molecule has 9 heteroatoms. The van der Waals surface area contributed by atoms with Crippen LogP contribution < -0.4 is 5.32 Å². The van der Waals surface area contributed by atoms with Crippen molar-refractivity contribution in [1.29, 1.82) is 0 Å². The molecule has 0 aromatic rings. The van der Waals surface area contributed by atoms with Gasteiger partial charge in [0.05, 0.1) is 18.8 Å². The second-order valence-corrected chi connectivity index (χ2v) is 13.9. The van der Waals surface area contributed by atoms with Gasteiger partial charge in [0.15, 0.2) is 0 Å². The van der Waals surface area contributed by atoms with Crippen molar-refractivity contribution in [2.45, 2.75) is 187 Å². The van der Waals surface area contributed by atoms with Crippen LogP contribution in [0.1, 0.15) is 168 Å². The summed E-state index contributed by atoms with van der Waals surface area (Å²) in [6, 6.07) is -1.16. The number of aliphatic hydroxyl groups excluding tert-OH is 2. The third-order valence-corrected chi connectivity index (χ3v) is 8.69. The lowest BCUT2D eigenvalue weighted by Crippen LogP contribution is -2.49. The molecule has 0 radical (unpaired) electrons. The highest BCUT2D eigenvalue weighted by Gasteiger charge is 2.25. The van der Waals surface area contributed by atoms with Gasteiger partial charge in [-0.1, -0.05) is 165 Å². The molecule has 1 amide bonds. The number of hydrogen-bond acceptors (Lipinski definition) is 6. The molecule has 0 heterocycles. The van der Waals surface area contributed by atoms with Crippen molar-refractivity contribution in [3.05, 3.63) is 36.0 Å². The van der Waals surface area contributed by atoms with E-state index < -0.39 is 41.2 Å². The van der Waals surface area contributed by atoms with E-state index in [0.717, 1.165) is 32.1 Å². The van der Waals surface area contributed by atoms with Crippen LogP contribution in [0.4, 0.5) is 0 Å². The minimum absolute atomic E-state index is 0.278. The molecule has 0 bridgehead atoms. The molecule has 270 valence electrons. The highest BCUT2D eigenvalue weighted by atomic mass is 32.3. The zero-order chi connectivity index (χ0) is 34.3. The Balaban J connectivity index is 4.39. The molecule has 8 nitrogen and oxygen atoms in total. The summed E-state index contributed by atoms with van der Waals surface area (Å²) in [7, 11) is -4.76. The van der Waals surface area contributed by atoms with Gasteiger partial charge in [0.25, 0.3) is 0 Å². The number of rotatable bonds is 32. The molecule has 4 N–H and O–H groups in total. The maximum absolute atomic E-state index is 12.6. The zero-order valence-corrected chi connectivity index (χ0v) is 30.3. The first-order valence-corrected chi connectivity index (χ1v) is 19.8. The minimum Gasteiger partial charge on any atom is -0.387 e. The topological polar surface area (TPSA) is 133 Å². The molecule has 0 aromatic heterocycles. The molecule has 0 aliphatic carbocycles. The zero-order valence-electron chi connectivity index (χ0n) is 29.5. The largest absolute Gasteiger partial charge is 0.397 e. The third-order valence-electron chi connectivity index (χ3n) is 8.26. The van der Waals surface area contributed by atoms with Gasteiger partial charge in [-0.25, -0.2) is 4.18 Å². The van der Waals surface area contributed by atoms with Crippen LogP contribution >= 0.6 is 0 Å². The Kier molecular flexibility index (Phi) is 29.8. The maximum Gasteiger partial charge on any atom is 0.397 e. The molecular weight excluding hydrogens is 602 g/mol. The second kappa shape index (κ2) is 30.8.